The monoisotopic (exact) mass is 378 g/mol. The summed E-state index contributed by atoms with van der Waals surface area (Å²) < 4.78 is 12.4. The molecule has 1 aromatic heterocycles. The number of nitrogens with zero attached hydrogens (tertiary/aromatic N) is 2. The quantitative estimate of drug-likeness (QED) is 0.711. The molecule has 0 unspecified atom stereocenters. The Bertz CT molecular complexity index is 1030. The molecular weight excluding hydrogens is 360 g/mol. The molecule has 1 aliphatic rings. The fourth-order valence-electron chi connectivity index (χ4n) is 2.83. The lowest BCUT2D eigenvalue weighted by Crippen LogP contribution is -2.22. The molecule has 0 saturated carbocycles. The Balaban J connectivity index is 1.38. The molecular formula is C20H18N4O4. The number of rotatable bonds is 5. The van der Waals surface area contributed by atoms with Gasteiger partial charge in [-0.15, -0.1) is 0 Å². The molecule has 0 saturated heterocycles. The summed E-state index contributed by atoms with van der Waals surface area (Å²) in [5, 5.41) is 5.51. The minimum atomic E-state index is -0.181. The van der Waals surface area contributed by atoms with Gasteiger partial charge in [-0.2, -0.15) is 0 Å². The number of carbonyl (C=O) groups is 2. The van der Waals surface area contributed by atoms with E-state index in [0.29, 0.717) is 29.4 Å². The molecule has 0 atom stereocenters. The summed E-state index contributed by atoms with van der Waals surface area (Å²) in [4.78, 5) is 27.6. The van der Waals surface area contributed by atoms with Gasteiger partial charge in [0.1, 0.15) is 6.33 Å². The van der Waals surface area contributed by atoms with Crippen molar-refractivity contribution in [2.24, 2.45) is 0 Å². The van der Waals surface area contributed by atoms with Crippen LogP contribution in [-0.2, 0) is 11.3 Å². The predicted octanol–water partition coefficient (Wildman–Crippen LogP) is 2.49. The molecule has 0 aliphatic carbocycles. The highest BCUT2D eigenvalue weighted by molar-refractivity contribution is 5.94. The van der Waals surface area contributed by atoms with Crippen LogP contribution in [0.25, 0.3) is 5.69 Å². The van der Waals surface area contributed by atoms with Crippen LogP contribution in [0.15, 0.2) is 55.0 Å². The average molecular weight is 378 g/mol. The van der Waals surface area contributed by atoms with Crippen molar-refractivity contribution in [1.29, 1.82) is 0 Å². The summed E-state index contributed by atoms with van der Waals surface area (Å²) in [5.41, 5.74) is 2.31. The number of fused-ring (bicyclic) bond motifs is 1. The molecule has 28 heavy (non-hydrogen) atoms. The van der Waals surface area contributed by atoms with E-state index in [-0.39, 0.29) is 18.6 Å². The SMILES string of the molecule is CC(=O)Nc1cn(-c2ccc(C(=O)NCc3ccc4c(c3)OCO4)cc2)cn1. The summed E-state index contributed by atoms with van der Waals surface area (Å²) >= 11 is 0. The summed E-state index contributed by atoms with van der Waals surface area (Å²) in [6.45, 7) is 2.04. The van der Waals surface area contributed by atoms with Gasteiger partial charge in [0.15, 0.2) is 17.3 Å². The molecule has 0 radical (unpaired) electrons. The number of anilines is 1. The van der Waals surface area contributed by atoms with E-state index in [1.807, 2.05) is 30.3 Å². The number of carbonyl (C=O) groups excluding carboxylic acids is 2. The minimum Gasteiger partial charge on any atom is -0.454 e. The number of ether oxygens (including phenoxy) is 2. The van der Waals surface area contributed by atoms with Gasteiger partial charge in [-0.05, 0) is 42.0 Å². The van der Waals surface area contributed by atoms with E-state index in [4.69, 9.17) is 9.47 Å². The maximum absolute atomic E-state index is 12.4. The van der Waals surface area contributed by atoms with Gasteiger partial charge in [0, 0.05) is 24.7 Å². The van der Waals surface area contributed by atoms with Gasteiger partial charge in [-0.3, -0.25) is 9.59 Å². The zero-order chi connectivity index (χ0) is 19.5. The van der Waals surface area contributed by atoms with Crippen LogP contribution in [-0.4, -0.2) is 28.2 Å². The lowest BCUT2D eigenvalue weighted by Gasteiger charge is -2.07. The first-order chi connectivity index (χ1) is 13.6. The third kappa shape index (κ3) is 3.80. The van der Waals surface area contributed by atoms with E-state index in [1.54, 1.807) is 29.2 Å². The van der Waals surface area contributed by atoms with Gasteiger partial charge in [0.2, 0.25) is 12.7 Å². The van der Waals surface area contributed by atoms with Crippen LogP contribution in [0.1, 0.15) is 22.8 Å². The fraction of sp³-hybridized carbons (Fsp3) is 0.150. The van der Waals surface area contributed by atoms with Crippen LogP contribution < -0.4 is 20.1 Å². The second-order valence-corrected chi connectivity index (χ2v) is 6.26. The first-order valence-electron chi connectivity index (χ1n) is 8.67. The Morgan fingerprint density at radius 3 is 2.68 bits per heavy atom. The van der Waals surface area contributed by atoms with Crippen molar-refractivity contribution in [2.45, 2.75) is 13.5 Å². The fourth-order valence-corrected chi connectivity index (χ4v) is 2.83. The molecule has 2 aromatic carbocycles. The molecule has 2 N–H and O–H groups in total. The van der Waals surface area contributed by atoms with E-state index in [2.05, 4.69) is 15.6 Å². The Kier molecular flexibility index (Phi) is 4.67. The second-order valence-electron chi connectivity index (χ2n) is 6.26. The lowest BCUT2D eigenvalue weighted by atomic mass is 10.1. The number of aromatic nitrogens is 2. The Hall–Kier alpha value is -3.81. The van der Waals surface area contributed by atoms with Crippen molar-refractivity contribution < 1.29 is 19.1 Å². The van der Waals surface area contributed by atoms with Gasteiger partial charge >= 0.3 is 0 Å². The first-order valence-corrected chi connectivity index (χ1v) is 8.67. The lowest BCUT2D eigenvalue weighted by molar-refractivity contribution is -0.114. The topological polar surface area (TPSA) is 94.5 Å². The number of benzene rings is 2. The maximum Gasteiger partial charge on any atom is 0.251 e. The number of hydrogen-bond donors (Lipinski definition) is 2. The van der Waals surface area contributed by atoms with Gasteiger partial charge in [-0.1, -0.05) is 6.07 Å². The van der Waals surface area contributed by atoms with Crippen LogP contribution in [0, 0.1) is 0 Å². The molecule has 0 bridgehead atoms. The highest BCUT2D eigenvalue weighted by Crippen LogP contribution is 2.32. The standard InChI is InChI=1S/C20H18N4O4/c1-13(25)23-19-10-24(11-22-19)16-5-3-15(4-6-16)20(26)21-9-14-2-7-17-18(8-14)28-12-27-17/h2-8,10-11H,9,12H2,1H3,(H,21,26)(H,23,25). The third-order valence-corrected chi connectivity index (χ3v) is 4.20. The number of imidazole rings is 1. The van der Waals surface area contributed by atoms with E-state index >= 15 is 0 Å². The Labute approximate surface area is 161 Å². The molecule has 4 rings (SSSR count). The molecule has 3 aromatic rings. The van der Waals surface area contributed by atoms with Crippen molar-refractivity contribution in [3.63, 3.8) is 0 Å². The van der Waals surface area contributed by atoms with Gasteiger partial charge in [0.25, 0.3) is 5.91 Å². The minimum absolute atomic E-state index is 0.172. The van der Waals surface area contributed by atoms with E-state index in [9.17, 15) is 9.59 Å². The first kappa shape index (κ1) is 17.6. The number of nitrogens with one attached hydrogen (secondary N) is 2. The molecule has 0 fully saturated rings. The Morgan fingerprint density at radius 1 is 1.11 bits per heavy atom. The molecule has 142 valence electrons. The molecule has 1 aliphatic heterocycles. The maximum atomic E-state index is 12.4. The smallest absolute Gasteiger partial charge is 0.251 e. The molecule has 2 heterocycles. The number of hydrogen-bond acceptors (Lipinski definition) is 5. The zero-order valence-corrected chi connectivity index (χ0v) is 15.1. The van der Waals surface area contributed by atoms with Gasteiger partial charge in [-0.25, -0.2) is 4.98 Å². The van der Waals surface area contributed by atoms with Crippen LogP contribution in [0.2, 0.25) is 0 Å². The van der Waals surface area contributed by atoms with E-state index < -0.39 is 0 Å². The molecule has 2 amide bonds. The zero-order valence-electron chi connectivity index (χ0n) is 15.1. The second kappa shape index (κ2) is 7.43. The third-order valence-electron chi connectivity index (χ3n) is 4.20. The van der Waals surface area contributed by atoms with Crippen LogP contribution in [0.4, 0.5) is 5.82 Å². The van der Waals surface area contributed by atoms with E-state index in [1.165, 1.54) is 6.92 Å². The van der Waals surface area contributed by atoms with Crippen LogP contribution >= 0.6 is 0 Å². The van der Waals surface area contributed by atoms with Gasteiger partial charge < -0.3 is 24.7 Å². The van der Waals surface area contributed by atoms with Crippen molar-refractivity contribution >= 4 is 17.6 Å². The highest BCUT2D eigenvalue weighted by atomic mass is 16.7. The molecule has 8 heteroatoms. The average Bonchev–Trinajstić information content (AvgIpc) is 3.34. The predicted molar refractivity (Wildman–Crippen MR) is 102 cm³/mol. The largest absolute Gasteiger partial charge is 0.454 e. The van der Waals surface area contributed by atoms with E-state index in [0.717, 1.165) is 11.3 Å². The Morgan fingerprint density at radius 2 is 1.89 bits per heavy atom. The summed E-state index contributed by atoms with van der Waals surface area (Å²) in [6.07, 6.45) is 3.30. The number of amides is 2. The summed E-state index contributed by atoms with van der Waals surface area (Å²) in [6, 6.07) is 12.7. The van der Waals surface area contributed by atoms with Crippen molar-refractivity contribution in [1.82, 2.24) is 14.9 Å². The van der Waals surface area contributed by atoms with Crippen LogP contribution in [0.5, 0.6) is 11.5 Å². The van der Waals surface area contributed by atoms with Gasteiger partial charge in [0.05, 0.1) is 6.20 Å². The summed E-state index contributed by atoms with van der Waals surface area (Å²) in [7, 11) is 0. The highest BCUT2D eigenvalue weighted by Gasteiger charge is 2.13. The normalized spacial score (nSPS) is 11.9. The van der Waals surface area contributed by atoms with Crippen molar-refractivity contribution in [3.8, 4) is 17.2 Å². The molecule has 8 nitrogen and oxygen atoms in total. The summed E-state index contributed by atoms with van der Waals surface area (Å²) in [5.74, 6) is 1.52. The van der Waals surface area contributed by atoms with Crippen molar-refractivity contribution in [3.05, 3.63) is 66.1 Å². The van der Waals surface area contributed by atoms with Crippen LogP contribution in [0.3, 0.4) is 0 Å². The molecule has 0 spiro atoms. The van der Waals surface area contributed by atoms with Crippen molar-refractivity contribution in [2.75, 3.05) is 12.1 Å².